The van der Waals surface area contributed by atoms with Crippen LogP contribution >= 0.6 is 0 Å². The number of fused-ring (bicyclic) bond motifs is 1. The summed E-state index contributed by atoms with van der Waals surface area (Å²) in [4.78, 5) is 12.0. The molecule has 1 aromatic carbocycles. The van der Waals surface area contributed by atoms with Gasteiger partial charge in [-0.05, 0) is 0 Å². The number of aromatic nitrogens is 3. The average molecular weight is 292 g/mol. The molecule has 0 amide bonds. The fraction of sp³-hybridized carbons (Fsp3) is 0. The minimum atomic E-state index is -0.106. The first-order valence-corrected chi connectivity index (χ1v) is 6.36. The molecule has 0 aliphatic carbocycles. The summed E-state index contributed by atoms with van der Waals surface area (Å²) in [7, 11) is 0. The van der Waals surface area contributed by atoms with Crippen molar-refractivity contribution in [2.24, 2.45) is 16.0 Å². The molecule has 0 atom stereocenters. The van der Waals surface area contributed by atoms with E-state index in [1.807, 2.05) is 24.3 Å². The number of benzene rings is 1. The quantitative estimate of drug-likeness (QED) is 0.386. The predicted octanol–water partition coefficient (Wildman–Crippen LogP) is 2.31. The zero-order valence-electron chi connectivity index (χ0n) is 11.4. The Morgan fingerprint density at radius 2 is 1.73 bits per heavy atom. The Morgan fingerprint density at radius 1 is 1.00 bits per heavy atom. The summed E-state index contributed by atoms with van der Waals surface area (Å²) < 4.78 is 0. The molecule has 3 aromatic rings. The van der Waals surface area contributed by atoms with Crippen LogP contribution in [-0.4, -0.2) is 20.8 Å². The van der Waals surface area contributed by atoms with Gasteiger partial charge in [0.25, 0.3) is 5.95 Å². The zero-order valence-corrected chi connectivity index (χ0v) is 11.4. The Hall–Kier alpha value is -3.42. The summed E-state index contributed by atoms with van der Waals surface area (Å²) in [6.45, 7) is 0. The van der Waals surface area contributed by atoms with Crippen molar-refractivity contribution in [1.82, 2.24) is 15.0 Å². The molecule has 5 N–H and O–H groups in total. The second kappa shape index (κ2) is 5.52. The van der Waals surface area contributed by atoms with Crippen LogP contribution < -0.4 is 11.5 Å². The van der Waals surface area contributed by atoms with E-state index in [4.69, 9.17) is 16.9 Å². The van der Waals surface area contributed by atoms with E-state index in [2.05, 4.69) is 25.2 Å². The first-order chi connectivity index (χ1) is 10.6. The van der Waals surface area contributed by atoms with Gasteiger partial charge >= 0.3 is 0 Å². The number of hydrogen-bond donors (Lipinski definition) is 3. The van der Waals surface area contributed by atoms with E-state index in [0.29, 0.717) is 11.3 Å². The van der Waals surface area contributed by atoms with E-state index >= 15 is 0 Å². The molecule has 0 radical (unpaired) electrons. The molecule has 0 spiro atoms. The standard InChI is InChI=1S/C14H12N8/c15-12(16)9-6-19-14(20-7-9)22-21-11-10-4-2-1-3-8(10)5-18-13(11)17/h1-7H,(H3,15,16)(H2,17,18). The molecular weight excluding hydrogens is 280 g/mol. The number of azo groups is 1. The van der Waals surface area contributed by atoms with Crippen LogP contribution in [0, 0.1) is 5.41 Å². The molecule has 0 aliphatic rings. The van der Waals surface area contributed by atoms with Gasteiger partial charge in [0.05, 0.1) is 5.56 Å². The molecule has 0 bridgehead atoms. The summed E-state index contributed by atoms with van der Waals surface area (Å²) in [5.41, 5.74) is 12.1. The molecule has 0 aliphatic heterocycles. The van der Waals surface area contributed by atoms with Crippen LogP contribution in [-0.2, 0) is 0 Å². The van der Waals surface area contributed by atoms with Gasteiger partial charge in [-0.15, -0.1) is 10.2 Å². The maximum Gasteiger partial charge on any atom is 0.268 e. The molecule has 0 saturated carbocycles. The van der Waals surface area contributed by atoms with Gasteiger partial charge < -0.3 is 11.5 Å². The molecule has 2 aromatic heterocycles. The third-order valence-electron chi connectivity index (χ3n) is 2.99. The van der Waals surface area contributed by atoms with Gasteiger partial charge in [-0.25, -0.2) is 15.0 Å². The second-order valence-electron chi connectivity index (χ2n) is 4.46. The molecular formula is C14H12N8. The van der Waals surface area contributed by atoms with E-state index in [0.717, 1.165) is 10.8 Å². The molecule has 22 heavy (non-hydrogen) atoms. The minimum absolute atomic E-state index is 0.106. The van der Waals surface area contributed by atoms with E-state index in [-0.39, 0.29) is 17.6 Å². The highest BCUT2D eigenvalue weighted by molar-refractivity contribution is 5.96. The lowest BCUT2D eigenvalue weighted by molar-refractivity contribution is 1.06. The lowest BCUT2D eigenvalue weighted by Crippen LogP contribution is -2.11. The largest absolute Gasteiger partial charge is 0.384 e. The van der Waals surface area contributed by atoms with Crippen molar-refractivity contribution in [3.05, 3.63) is 48.4 Å². The van der Waals surface area contributed by atoms with Crippen LogP contribution in [0.15, 0.2) is 53.1 Å². The van der Waals surface area contributed by atoms with Crippen molar-refractivity contribution in [3.8, 4) is 0 Å². The number of nitrogen functional groups attached to an aromatic ring is 2. The Labute approximate surface area is 125 Å². The van der Waals surface area contributed by atoms with Crippen LogP contribution in [0.4, 0.5) is 17.5 Å². The van der Waals surface area contributed by atoms with E-state index in [9.17, 15) is 0 Å². The number of nitrogens with two attached hydrogens (primary N) is 2. The third-order valence-corrected chi connectivity index (χ3v) is 2.99. The van der Waals surface area contributed by atoms with Gasteiger partial charge in [0.2, 0.25) is 0 Å². The Bertz CT molecular complexity index is 870. The number of rotatable bonds is 3. The first kappa shape index (κ1) is 13.6. The highest BCUT2D eigenvalue weighted by Crippen LogP contribution is 2.30. The molecule has 0 saturated heterocycles. The van der Waals surface area contributed by atoms with Crippen LogP contribution in [0.2, 0.25) is 0 Å². The fourth-order valence-electron chi connectivity index (χ4n) is 1.88. The Morgan fingerprint density at radius 3 is 2.45 bits per heavy atom. The third kappa shape index (κ3) is 2.57. The van der Waals surface area contributed by atoms with E-state index < -0.39 is 0 Å². The normalized spacial score (nSPS) is 11.1. The van der Waals surface area contributed by atoms with Crippen LogP contribution in [0.25, 0.3) is 10.8 Å². The van der Waals surface area contributed by atoms with Crippen molar-refractivity contribution in [3.63, 3.8) is 0 Å². The monoisotopic (exact) mass is 292 g/mol. The van der Waals surface area contributed by atoms with Crippen molar-refractivity contribution in [1.29, 1.82) is 5.41 Å². The van der Waals surface area contributed by atoms with Gasteiger partial charge in [0, 0.05) is 29.4 Å². The molecule has 108 valence electrons. The smallest absolute Gasteiger partial charge is 0.268 e. The van der Waals surface area contributed by atoms with Crippen molar-refractivity contribution in [2.75, 3.05) is 5.73 Å². The summed E-state index contributed by atoms with van der Waals surface area (Å²) in [6.07, 6.45) is 4.50. The van der Waals surface area contributed by atoms with E-state index in [1.165, 1.54) is 12.4 Å². The zero-order chi connectivity index (χ0) is 15.5. The Balaban J connectivity index is 1.98. The van der Waals surface area contributed by atoms with Gasteiger partial charge in [-0.1, -0.05) is 24.3 Å². The number of pyridine rings is 1. The number of anilines is 1. The fourth-order valence-corrected chi connectivity index (χ4v) is 1.88. The van der Waals surface area contributed by atoms with Crippen molar-refractivity contribution in [2.45, 2.75) is 0 Å². The molecule has 8 heteroatoms. The maximum absolute atomic E-state index is 7.28. The van der Waals surface area contributed by atoms with Gasteiger partial charge in [-0.2, -0.15) is 0 Å². The number of nitrogens with zero attached hydrogens (tertiary/aromatic N) is 5. The highest BCUT2D eigenvalue weighted by atomic mass is 15.2. The average Bonchev–Trinajstić information content (AvgIpc) is 2.54. The van der Waals surface area contributed by atoms with Crippen molar-refractivity contribution < 1.29 is 0 Å². The number of hydrogen-bond acceptors (Lipinski definition) is 7. The summed E-state index contributed by atoms with van der Waals surface area (Å²) in [5.74, 6) is 0.325. The molecule has 0 unspecified atom stereocenters. The number of amidine groups is 1. The van der Waals surface area contributed by atoms with Gasteiger partial charge in [0.1, 0.15) is 11.5 Å². The first-order valence-electron chi connectivity index (χ1n) is 6.36. The summed E-state index contributed by atoms with van der Waals surface area (Å²) >= 11 is 0. The maximum atomic E-state index is 7.28. The molecule has 8 nitrogen and oxygen atoms in total. The molecule has 3 rings (SSSR count). The van der Waals surface area contributed by atoms with Crippen molar-refractivity contribution >= 4 is 34.1 Å². The van der Waals surface area contributed by atoms with Crippen LogP contribution in [0.1, 0.15) is 5.56 Å². The molecule has 0 fully saturated rings. The van der Waals surface area contributed by atoms with Crippen LogP contribution in [0.3, 0.4) is 0 Å². The van der Waals surface area contributed by atoms with Crippen LogP contribution in [0.5, 0.6) is 0 Å². The SMILES string of the molecule is N=C(N)c1cnc(N=Nc2c(N)ncc3ccccc23)nc1. The Kier molecular flexibility index (Phi) is 3.40. The summed E-state index contributed by atoms with van der Waals surface area (Å²) in [6, 6.07) is 7.60. The lowest BCUT2D eigenvalue weighted by Gasteiger charge is -2.03. The molecule has 2 heterocycles. The van der Waals surface area contributed by atoms with E-state index in [1.54, 1.807) is 6.20 Å². The number of nitrogens with one attached hydrogen (secondary N) is 1. The van der Waals surface area contributed by atoms with Gasteiger partial charge in [0.15, 0.2) is 5.82 Å². The van der Waals surface area contributed by atoms with Gasteiger partial charge in [-0.3, -0.25) is 5.41 Å². The lowest BCUT2D eigenvalue weighted by atomic mass is 10.1. The summed E-state index contributed by atoms with van der Waals surface area (Å²) in [5, 5.41) is 17.1. The predicted molar refractivity (Wildman–Crippen MR) is 83.4 cm³/mol. The minimum Gasteiger partial charge on any atom is -0.384 e. The topological polar surface area (TPSA) is 139 Å². The second-order valence-corrected chi connectivity index (χ2v) is 4.46. The highest BCUT2D eigenvalue weighted by Gasteiger charge is 2.06.